The Kier molecular flexibility index (Phi) is 6.52. The quantitative estimate of drug-likeness (QED) is 0.347. The molecule has 0 saturated carbocycles. The molecule has 8 nitrogen and oxygen atoms in total. The van der Waals surface area contributed by atoms with Crippen LogP contribution in [0.1, 0.15) is 29.3 Å². The van der Waals surface area contributed by atoms with Crippen LogP contribution in [-0.2, 0) is 32.1 Å². The smallest absolute Gasteiger partial charge is 0.411 e. The minimum Gasteiger partial charge on any atom is -0.469 e. The predicted molar refractivity (Wildman–Crippen MR) is 125 cm³/mol. The number of aryl methyl sites for hydroxylation is 1. The highest BCUT2D eigenvalue weighted by molar-refractivity contribution is 5.95. The van der Waals surface area contributed by atoms with E-state index in [1.54, 1.807) is 12.3 Å². The van der Waals surface area contributed by atoms with Crippen molar-refractivity contribution in [2.75, 3.05) is 13.2 Å². The number of furan rings is 1. The Morgan fingerprint density at radius 1 is 0.971 bits per heavy atom. The fourth-order valence-electron chi connectivity index (χ4n) is 4.74. The van der Waals surface area contributed by atoms with Crippen LogP contribution in [0.2, 0.25) is 0 Å². The molecule has 5 rings (SSSR count). The number of carbonyl (C=O) groups excluding carboxylic acids is 3. The first-order valence-electron chi connectivity index (χ1n) is 11.6. The number of carbonyl (C=O) groups is 3. The molecular weight excluding hydrogens is 448 g/mol. The fraction of sp³-hybridized carbons (Fsp3) is 0.296. The first-order valence-corrected chi connectivity index (χ1v) is 11.6. The van der Waals surface area contributed by atoms with Crippen LogP contribution in [0.15, 0.2) is 83.5 Å². The maximum atomic E-state index is 13.3. The molecule has 2 aliphatic rings. The van der Waals surface area contributed by atoms with Gasteiger partial charge in [-0.1, -0.05) is 60.7 Å². The van der Waals surface area contributed by atoms with Crippen LogP contribution in [0.4, 0.5) is 4.79 Å². The second-order valence-corrected chi connectivity index (χ2v) is 8.65. The van der Waals surface area contributed by atoms with Crippen LogP contribution in [0, 0.1) is 0 Å². The van der Waals surface area contributed by atoms with Crippen LogP contribution in [-0.4, -0.2) is 53.0 Å². The lowest BCUT2D eigenvalue weighted by Crippen LogP contribution is -2.71. The number of esters is 1. The van der Waals surface area contributed by atoms with Crippen LogP contribution < -0.4 is 0 Å². The second kappa shape index (κ2) is 10.0. The molecule has 180 valence electrons. The number of hydrogen-bond acceptors (Lipinski definition) is 6. The molecule has 2 aromatic carbocycles. The van der Waals surface area contributed by atoms with Crippen molar-refractivity contribution in [3.05, 3.63) is 95.9 Å². The molecule has 35 heavy (non-hydrogen) atoms. The van der Waals surface area contributed by atoms with E-state index < -0.39 is 18.1 Å². The summed E-state index contributed by atoms with van der Waals surface area (Å²) in [7, 11) is 0. The summed E-state index contributed by atoms with van der Waals surface area (Å²) in [5.41, 5.74) is 1.77. The molecule has 0 bridgehead atoms. The third-order valence-corrected chi connectivity index (χ3v) is 6.50. The van der Waals surface area contributed by atoms with Gasteiger partial charge in [-0.05, 0) is 29.7 Å². The highest BCUT2D eigenvalue weighted by atomic mass is 16.6. The number of ether oxygens (including phenoxy) is 2. The average molecular weight is 475 g/mol. The van der Waals surface area contributed by atoms with Crippen LogP contribution in [0.3, 0.4) is 0 Å². The molecule has 2 fully saturated rings. The van der Waals surface area contributed by atoms with E-state index in [2.05, 4.69) is 0 Å². The van der Waals surface area contributed by atoms with Gasteiger partial charge in [0.05, 0.1) is 18.3 Å². The van der Waals surface area contributed by atoms with Gasteiger partial charge < -0.3 is 18.8 Å². The van der Waals surface area contributed by atoms with E-state index in [1.807, 2.05) is 66.7 Å². The molecular formula is C27H26N2O6. The Labute approximate surface area is 203 Å². The van der Waals surface area contributed by atoms with E-state index in [4.69, 9.17) is 13.9 Å². The number of rotatable bonds is 9. The summed E-state index contributed by atoms with van der Waals surface area (Å²) in [6, 6.07) is 21.1. The summed E-state index contributed by atoms with van der Waals surface area (Å²) in [6.45, 7) is 0.136. The van der Waals surface area contributed by atoms with Gasteiger partial charge in [-0.15, -0.1) is 0 Å². The van der Waals surface area contributed by atoms with Crippen molar-refractivity contribution in [2.24, 2.45) is 0 Å². The molecule has 2 saturated heterocycles. The standard InChI is InChI=1S/C27H26N2O6/c30-24(34-17-19-8-3-1-4-9-19)16-28-22(14-13-21-12-7-15-33-21)25(26(28)31)29-23(18-35-27(29)32)20-10-5-2-6-11-20/h1-12,15,22-23,25H,13-14,16-18H2/t22-,23-,25+/m1/s1. The first-order chi connectivity index (χ1) is 17.1. The zero-order valence-corrected chi connectivity index (χ0v) is 19.1. The average Bonchev–Trinajstić information content (AvgIpc) is 3.54. The zero-order valence-electron chi connectivity index (χ0n) is 19.1. The zero-order chi connectivity index (χ0) is 24.2. The van der Waals surface area contributed by atoms with Gasteiger partial charge in [-0.2, -0.15) is 0 Å². The molecule has 2 amide bonds. The molecule has 2 aliphatic heterocycles. The first kappa shape index (κ1) is 22.7. The van der Waals surface area contributed by atoms with Crippen molar-refractivity contribution in [2.45, 2.75) is 37.6 Å². The molecule has 0 spiro atoms. The molecule has 0 radical (unpaired) electrons. The highest BCUT2D eigenvalue weighted by Gasteiger charge is 2.56. The Bertz CT molecular complexity index is 1160. The number of β-lactam (4-membered cyclic amide) rings is 1. The van der Waals surface area contributed by atoms with Gasteiger partial charge in [-0.3, -0.25) is 14.5 Å². The summed E-state index contributed by atoms with van der Waals surface area (Å²) in [6.07, 6.45) is 2.17. The fourth-order valence-corrected chi connectivity index (χ4v) is 4.74. The van der Waals surface area contributed by atoms with E-state index in [9.17, 15) is 14.4 Å². The number of nitrogens with zero attached hydrogens (tertiary/aromatic N) is 2. The van der Waals surface area contributed by atoms with Gasteiger partial charge in [0.15, 0.2) is 0 Å². The van der Waals surface area contributed by atoms with Crippen molar-refractivity contribution >= 4 is 18.0 Å². The van der Waals surface area contributed by atoms with Gasteiger partial charge in [0.1, 0.15) is 31.6 Å². The summed E-state index contributed by atoms with van der Waals surface area (Å²) >= 11 is 0. The van der Waals surface area contributed by atoms with E-state index in [0.29, 0.717) is 12.8 Å². The second-order valence-electron chi connectivity index (χ2n) is 8.65. The molecule has 0 N–H and O–H groups in total. The Balaban J connectivity index is 1.31. The van der Waals surface area contributed by atoms with Crippen molar-refractivity contribution in [1.82, 2.24) is 9.80 Å². The highest BCUT2D eigenvalue weighted by Crippen LogP contribution is 2.38. The normalized spacial score (nSPS) is 21.5. The van der Waals surface area contributed by atoms with Crippen molar-refractivity contribution in [1.29, 1.82) is 0 Å². The van der Waals surface area contributed by atoms with E-state index in [1.165, 1.54) is 9.80 Å². The molecule has 8 heteroatoms. The van der Waals surface area contributed by atoms with E-state index in [0.717, 1.165) is 16.9 Å². The monoisotopic (exact) mass is 474 g/mol. The third kappa shape index (κ3) is 4.77. The van der Waals surface area contributed by atoms with Crippen LogP contribution >= 0.6 is 0 Å². The summed E-state index contributed by atoms with van der Waals surface area (Å²) < 4.78 is 16.2. The predicted octanol–water partition coefficient (Wildman–Crippen LogP) is 3.73. The van der Waals surface area contributed by atoms with Gasteiger partial charge in [-0.25, -0.2) is 4.79 Å². The molecule has 0 aliphatic carbocycles. The van der Waals surface area contributed by atoms with Crippen molar-refractivity contribution < 1.29 is 28.3 Å². The molecule has 3 aromatic rings. The number of cyclic esters (lactones) is 1. The Hall–Kier alpha value is -4.07. The molecule has 1 aromatic heterocycles. The molecule has 3 heterocycles. The third-order valence-electron chi connectivity index (χ3n) is 6.50. The number of amides is 2. The maximum Gasteiger partial charge on any atom is 0.411 e. The van der Waals surface area contributed by atoms with Crippen molar-refractivity contribution in [3.8, 4) is 0 Å². The van der Waals surface area contributed by atoms with Crippen LogP contribution in [0.5, 0.6) is 0 Å². The summed E-state index contributed by atoms with van der Waals surface area (Å²) in [5.74, 6) is -0.00328. The lowest BCUT2D eigenvalue weighted by molar-refractivity contribution is -0.167. The Morgan fingerprint density at radius 3 is 2.43 bits per heavy atom. The molecule has 0 unspecified atom stereocenters. The van der Waals surface area contributed by atoms with Gasteiger partial charge in [0.25, 0.3) is 0 Å². The van der Waals surface area contributed by atoms with E-state index >= 15 is 0 Å². The molecule has 3 atom stereocenters. The number of hydrogen-bond donors (Lipinski definition) is 0. The number of benzene rings is 2. The number of likely N-dealkylation sites (tertiary alicyclic amines) is 1. The SMILES string of the molecule is O=C(CN1C(=O)[C@@H](N2C(=O)OC[C@@H]2c2ccccc2)[C@H]1CCc1ccco1)OCc1ccccc1. The summed E-state index contributed by atoms with van der Waals surface area (Å²) in [4.78, 5) is 41.6. The summed E-state index contributed by atoms with van der Waals surface area (Å²) in [5, 5.41) is 0. The minimum absolute atomic E-state index is 0.136. The Morgan fingerprint density at radius 2 is 1.71 bits per heavy atom. The largest absolute Gasteiger partial charge is 0.469 e. The lowest BCUT2D eigenvalue weighted by atomic mass is 9.87. The minimum atomic E-state index is -0.716. The van der Waals surface area contributed by atoms with Crippen LogP contribution in [0.25, 0.3) is 0 Å². The van der Waals surface area contributed by atoms with E-state index in [-0.39, 0.29) is 37.7 Å². The maximum absolute atomic E-state index is 13.3. The van der Waals surface area contributed by atoms with Gasteiger partial charge in [0, 0.05) is 6.42 Å². The lowest BCUT2D eigenvalue weighted by Gasteiger charge is -2.50. The topological polar surface area (TPSA) is 89.3 Å². The van der Waals surface area contributed by atoms with Gasteiger partial charge >= 0.3 is 12.1 Å². The van der Waals surface area contributed by atoms with Gasteiger partial charge in [0.2, 0.25) is 5.91 Å². The van der Waals surface area contributed by atoms with Crippen molar-refractivity contribution in [3.63, 3.8) is 0 Å².